The van der Waals surface area contributed by atoms with Gasteiger partial charge in [-0.1, -0.05) is 36.4 Å². The highest BCUT2D eigenvalue weighted by Crippen LogP contribution is 2.10. The van der Waals surface area contributed by atoms with Crippen LogP contribution in [0, 0.1) is 11.6 Å². The highest BCUT2D eigenvalue weighted by Gasteiger charge is 2.14. The molecule has 1 N–H and O–H groups in total. The molecule has 0 saturated carbocycles. The number of amides is 2. The lowest BCUT2D eigenvalue weighted by atomic mass is 10.2. The van der Waals surface area contributed by atoms with Gasteiger partial charge in [0.25, 0.3) is 5.91 Å². The van der Waals surface area contributed by atoms with Crippen LogP contribution in [0.3, 0.4) is 0 Å². The van der Waals surface area contributed by atoms with Crippen LogP contribution in [-0.2, 0) is 11.3 Å². The van der Waals surface area contributed by atoms with Crippen LogP contribution in [0.4, 0.5) is 8.78 Å². The number of benzene rings is 2. The van der Waals surface area contributed by atoms with Crippen molar-refractivity contribution in [2.75, 3.05) is 13.1 Å². The van der Waals surface area contributed by atoms with Crippen molar-refractivity contribution < 1.29 is 18.4 Å². The van der Waals surface area contributed by atoms with Gasteiger partial charge >= 0.3 is 0 Å². The molecule has 0 fully saturated rings. The molecule has 2 aromatic rings. The average Bonchev–Trinajstić information content (AvgIpc) is 2.65. The van der Waals surface area contributed by atoms with Crippen molar-refractivity contribution in [1.82, 2.24) is 10.2 Å². The molecule has 0 aliphatic heterocycles. The van der Waals surface area contributed by atoms with Crippen LogP contribution in [0.15, 0.2) is 61.2 Å². The molecule has 142 valence electrons. The van der Waals surface area contributed by atoms with E-state index in [1.807, 2.05) is 30.3 Å². The summed E-state index contributed by atoms with van der Waals surface area (Å²) in [6, 6.07) is 12.4. The smallest absolute Gasteiger partial charge is 0.254 e. The molecule has 0 spiro atoms. The molecule has 0 aliphatic carbocycles. The predicted octanol–water partition coefficient (Wildman–Crippen LogP) is 3.69. The van der Waals surface area contributed by atoms with Gasteiger partial charge in [-0.2, -0.15) is 0 Å². The molecule has 2 amide bonds. The van der Waals surface area contributed by atoms with Crippen molar-refractivity contribution in [2.45, 2.75) is 19.4 Å². The molecule has 4 nitrogen and oxygen atoms in total. The maximum absolute atomic E-state index is 13.6. The van der Waals surface area contributed by atoms with Gasteiger partial charge in [0, 0.05) is 32.1 Å². The van der Waals surface area contributed by atoms with Crippen LogP contribution >= 0.6 is 0 Å². The molecule has 0 unspecified atom stereocenters. The van der Waals surface area contributed by atoms with Gasteiger partial charge in [0.15, 0.2) is 0 Å². The van der Waals surface area contributed by atoms with Crippen molar-refractivity contribution in [2.24, 2.45) is 0 Å². The van der Waals surface area contributed by atoms with E-state index in [1.165, 1.54) is 0 Å². The van der Waals surface area contributed by atoms with Crippen LogP contribution in [0.1, 0.15) is 28.8 Å². The van der Waals surface area contributed by atoms with Crippen molar-refractivity contribution in [1.29, 1.82) is 0 Å². The number of nitrogens with one attached hydrogen (secondary N) is 1. The summed E-state index contributed by atoms with van der Waals surface area (Å²) in [6.07, 6.45) is 2.32. The summed E-state index contributed by atoms with van der Waals surface area (Å²) in [4.78, 5) is 26.0. The van der Waals surface area contributed by atoms with E-state index in [4.69, 9.17) is 0 Å². The predicted molar refractivity (Wildman–Crippen MR) is 100.0 cm³/mol. The standard InChI is InChI=1S/C21H22F2N2O2/c1-2-13-25(15-16-7-4-3-5-8-16)20(26)9-6-12-24-21(27)18-11-10-17(22)14-19(18)23/h2-5,7-8,10-11,14H,1,6,9,12-13,15H2,(H,24,27). The van der Waals surface area contributed by atoms with E-state index >= 15 is 0 Å². The molecule has 2 rings (SSSR count). The van der Waals surface area contributed by atoms with E-state index in [9.17, 15) is 18.4 Å². The van der Waals surface area contributed by atoms with Gasteiger partial charge in [0.2, 0.25) is 5.91 Å². The molecule has 0 radical (unpaired) electrons. The van der Waals surface area contributed by atoms with Crippen molar-refractivity contribution in [3.8, 4) is 0 Å². The summed E-state index contributed by atoms with van der Waals surface area (Å²) in [5.74, 6) is -2.34. The zero-order valence-corrected chi connectivity index (χ0v) is 15.0. The topological polar surface area (TPSA) is 49.4 Å². The van der Waals surface area contributed by atoms with Gasteiger partial charge in [-0.25, -0.2) is 8.78 Å². The first kappa shape index (κ1) is 20.3. The number of carbonyl (C=O) groups excluding carboxylic acids is 2. The quantitative estimate of drug-likeness (QED) is 0.539. The summed E-state index contributed by atoms with van der Waals surface area (Å²) in [5, 5.41) is 2.54. The van der Waals surface area contributed by atoms with E-state index in [0.717, 1.165) is 17.7 Å². The second kappa shape index (κ2) is 10.2. The first-order valence-corrected chi connectivity index (χ1v) is 8.67. The average molecular weight is 372 g/mol. The zero-order chi connectivity index (χ0) is 19.6. The summed E-state index contributed by atoms with van der Waals surface area (Å²) < 4.78 is 26.4. The Hall–Kier alpha value is -3.02. The second-order valence-electron chi connectivity index (χ2n) is 6.03. The summed E-state index contributed by atoms with van der Waals surface area (Å²) >= 11 is 0. The number of halogens is 2. The fourth-order valence-electron chi connectivity index (χ4n) is 2.58. The lowest BCUT2D eigenvalue weighted by Gasteiger charge is -2.21. The molecular formula is C21H22F2N2O2. The third-order valence-corrected chi connectivity index (χ3v) is 3.95. The van der Waals surface area contributed by atoms with Gasteiger partial charge in [-0.3, -0.25) is 9.59 Å². The Morgan fingerprint density at radius 3 is 2.52 bits per heavy atom. The molecular weight excluding hydrogens is 350 g/mol. The van der Waals surface area contributed by atoms with Crippen molar-refractivity contribution in [3.05, 3.63) is 83.9 Å². The van der Waals surface area contributed by atoms with Gasteiger partial charge in [-0.05, 0) is 24.1 Å². The van der Waals surface area contributed by atoms with E-state index in [2.05, 4.69) is 11.9 Å². The number of hydrogen-bond acceptors (Lipinski definition) is 2. The van der Waals surface area contributed by atoms with Gasteiger partial charge in [0.1, 0.15) is 11.6 Å². The molecule has 0 aromatic heterocycles. The minimum atomic E-state index is -0.913. The monoisotopic (exact) mass is 372 g/mol. The van der Waals surface area contributed by atoms with E-state index in [1.54, 1.807) is 11.0 Å². The number of nitrogens with zero attached hydrogens (tertiary/aromatic N) is 1. The minimum Gasteiger partial charge on any atom is -0.352 e. The first-order chi connectivity index (χ1) is 13.0. The maximum Gasteiger partial charge on any atom is 0.254 e. The largest absolute Gasteiger partial charge is 0.352 e. The Bertz CT molecular complexity index is 794. The number of rotatable bonds is 9. The van der Waals surface area contributed by atoms with Crippen molar-refractivity contribution in [3.63, 3.8) is 0 Å². The number of hydrogen-bond donors (Lipinski definition) is 1. The SMILES string of the molecule is C=CCN(Cc1ccccc1)C(=O)CCCNC(=O)c1ccc(F)cc1F. The molecule has 27 heavy (non-hydrogen) atoms. The Balaban J connectivity index is 1.81. The zero-order valence-electron chi connectivity index (χ0n) is 15.0. The van der Waals surface area contributed by atoms with Crippen LogP contribution in [0.25, 0.3) is 0 Å². The van der Waals surface area contributed by atoms with E-state index in [-0.39, 0.29) is 24.4 Å². The summed E-state index contributed by atoms with van der Waals surface area (Å²) in [6.45, 7) is 4.81. The van der Waals surface area contributed by atoms with Gasteiger partial charge in [0.05, 0.1) is 5.56 Å². The Morgan fingerprint density at radius 2 is 1.85 bits per heavy atom. The molecule has 0 saturated heterocycles. The Kier molecular flexibility index (Phi) is 7.67. The maximum atomic E-state index is 13.6. The number of carbonyl (C=O) groups is 2. The Labute approximate surface area is 157 Å². The third kappa shape index (κ3) is 6.33. The minimum absolute atomic E-state index is 0.0547. The lowest BCUT2D eigenvalue weighted by Crippen LogP contribution is -2.32. The van der Waals surface area contributed by atoms with Crippen LogP contribution in [0.2, 0.25) is 0 Å². The fourth-order valence-corrected chi connectivity index (χ4v) is 2.58. The van der Waals surface area contributed by atoms with Crippen LogP contribution in [0.5, 0.6) is 0 Å². The molecule has 2 aromatic carbocycles. The highest BCUT2D eigenvalue weighted by atomic mass is 19.1. The van der Waals surface area contributed by atoms with Crippen LogP contribution in [-0.4, -0.2) is 29.8 Å². The first-order valence-electron chi connectivity index (χ1n) is 8.67. The summed E-state index contributed by atoms with van der Waals surface area (Å²) in [5.41, 5.74) is 0.799. The van der Waals surface area contributed by atoms with E-state index in [0.29, 0.717) is 25.6 Å². The molecule has 0 heterocycles. The third-order valence-electron chi connectivity index (χ3n) is 3.95. The normalized spacial score (nSPS) is 10.3. The second-order valence-corrected chi connectivity index (χ2v) is 6.03. The summed E-state index contributed by atoms with van der Waals surface area (Å²) in [7, 11) is 0. The highest BCUT2D eigenvalue weighted by molar-refractivity contribution is 5.94. The van der Waals surface area contributed by atoms with Crippen molar-refractivity contribution >= 4 is 11.8 Å². The lowest BCUT2D eigenvalue weighted by molar-refractivity contribution is -0.131. The van der Waals surface area contributed by atoms with Gasteiger partial charge < -0.3 is 10.2 Å². The molecule has 0 bridgehead atoms. The Morgan fingerprint density at radius 1 is 1.11 bits per heavy atom. The van der Waals surface area contributed by atoms with Gasteiger partial charge in [-0.15, -0.1) is 6.58 Å². The molecule has 0 aliphatic rings. The fraction of sp³-hybridized carbons (Fsp3) is 0.238. The molecule has 0 atom stereocenters. The van der Waals surface area contributed by atoms with E-state index < -0.39 is 17.5 Å². The molecule has 6 heteroatoms. The van der Waals surface area contributed by atoms with Crippen LogP contribution < -0.4 is 5.32 Å².